The molecule has 1 atom stereocenters. The first-order valence-electron chi connectivity index (χ1n) is 9.92. The number of aliphatic imine (C=N–C) groups is 1. The van der Waals surface area contributed by atoms with Gasteiger partial charge in [0.05, 0.1) is 6.61 Å². The lowest BCUT2D eigenvalue weighted by atomic mass is 10.1. The fourth-order valence-corrected chi connectivity index (χ4v) is 3.67. The number of nitrogens with one attached hydrogen (secondary N) is 1. The van der Waals surface area contributed by atoms with Crippen LogP contribution in [-0.2, 0) is 24.2 Å². The molecule has 27 heavy (non-hydrogen) atoms. The lowest BCUT2D eigenvalue weighted by Gasteiger charge is -2.24. The van der Waals surface area contributed by atoms with Crippen molar-refractivity contribution in [3.63, 3.8) is 0 Å². The summed E-state index contributed by atoms with van der Waals surface area (Å²) in [6.45, 7) is 7.72. The summed E-state index contributed by atoms with van der Waals surface area (Å²) in [6, 6.07) is 0. The molecule has 0 bridgehead atoms. The molecule has 1 fully saturated rings. The number of halogens is 1. The summed E-state index contributed by atoms with van der Waals surface area (Å²) in [5, 5.41) is 7.84. The summed E-state index contributed by atoms with van der Waals surface area (Å²) < 4.78 is 8.90. The molecule has 1 aromatic heterocycles. The molecule has 2 aliphatic heterocycles. The fourth-order valence-electron chi connectivity index (χ4n) is 3.67. The Morgan fingerprint density at radius 2 is 2.30 bits per heavy atom. The van der Waals surface area contributed by atoms with Gasteiger partial charge in [0.2, 0.25) is 0 Å². The minimum Gasteiger partial charge on any atom is -0.381 e. The average Bonchev–Trinajstić information content (AvgIpc) is 3.26. The van der Waals surface area contributed by atoms with Gasteiger partial charge >= 0.3 is 5.69 Å². The Morgan fingerprint density at radius 1 is 1.44 bits per heavy atom. The number of fused-ring (bicyclic) bond motifs is 1. The molecule has 3 rings (SSSR count). The van der Waals surface area contributed by atoms with Crippen LogP contribution < -0.4 is 11.0 Å². The van der Waals surface area contributed by atoms with Gasteiger partial charge in [0.25, 0.3) is 0 Å². The lowest BCUT2D eigenvalue weighted by Crippen LogP contribution is -2.41. The minimum absolute atomic E-state index is 0. The highest BCUT2D eigenvalue weighted by Crippen LogP contribution is 2.13. The number of hydrogen-bond acceptors (Lipinski definition) is 4. The number of rotatable bonds is 7. The molecule has 1 N–H and O–H groups in total. The van der Waals surface area contributed by atoms with Crippen LogP contribution in [-0.4, -0.2) is 65.1 Å². The Kier molecular flexibility index (Phi) is 9.07. The first-order chi connectivity index (χ1) is 12.7. The van der Waals surface area contributed by atoms with Crippen molar-refractivity contribution in [3.05, 3.63) is 16.3 Å². The third-order valence-corrected chi connectivity index (χ3v) is 5.07. The largest absolute Gasteiger partial charge is 0.381 e. The van der Waals surface area contributed by atoms with Gasteiger partial charge in [0.1, 0.15) is 5.82 Å². The predicted octanol–water partition coefficient (Wildman–Crippen LogP) is 1.32. The van der Waals surface area contributed by atoms with Gasteiger partial charge in [-0.2, -0.15) is 5.10 Å². The van der Waals surface area contributed by atoms with Crippen LogP contribution in [0.3, 0.4) is 0 Å². The highest BCUT2D eigenvalue weighted by atomic mass is 127. The van der Waals surface area contributed by atoms with E-state index in [2.05, 4.69) is 29.3 Å². The summed E-state index contributed by atoms with van der Waals surface area (Å²) in [5.41, 5.74) is 0.0361. The molecule has 0 spiro atoms. The van der Waals surface area contributed by atoms with Gasteiger partial charge in [-0.05, 0) is 32.6 Å². The average molecular weight is 492 g/mol. The monoisotopic (exact) mass is 492 g/mol. The molecule has 3 heterocycles. The summed E-state index contributed by atoms with van der Waals surface area (Å²) in [5.74, 6) is 2.45. The molecule has 0 aliphatic carbocycles. The zero-order chi connectivity index (χ0) is 18.4. The molecular weight excluding hydrogens is 459 g/mol. The van der Waals surface area contributed by atoms with Gasteiger partial charge < -0.3 is 15.0 Å². The van der Waals surface area contributed by atoms with Gasteiger partial charge in [0.15, 0.2) is 5.96 Å². The molecule has 1 unspecified atom stereocenters. The smallest absolute Gasteiger partial charge is 0.345 e. The molecule has 0 radical (unpaired) electrons. The highest BCUT2D eigenvalue weighted by Gasteiger charge is 2.19. The SMILES string of the molecule is CCNC(=NCCCn1nc2n(c1=O)CCCC2)N(C)CC1CCOC1.I. The van der Waals surface area contributed by atoms with Crippen molar-refractivity contribution in [2.24, 2.45) is 10.9 Å². The van der Waals surface area contributed by atoms with E-state index in [1.165, 1.54) is 0 Å². The summed E-state index contributed by atoms with van der Waals surface area (Å²) in [4.78, 5) is 19.2. The van der Waals surface area contributed by atoms with E-state index in [1.807, 2.05) is 4.57 Å². The molecule has 0 amide bonds. The topological polar surface area (TPSA) is 76.7 Å². The number of ether oxygens (including phenoxy) is 1. The Labute approximate surface area is 178 Å². The van der Waals surface area contributed by atoms with E-state index < -0.39 is 0 Å². The molecule has 0 saturated carbocycles. The molecule has 9 heteroatoms. The first-order valence-corrected chi connectivity index (χ1v) is 9.92. The van der Waals surface area contributed by atoms with Crippen LogP contribution in [0.2, 0.25) is 0 Å². The minimum atomic E-state index is 0. The molecule has 154 valence electrons. The number of guanidine groups is 1. The standard InChI is InChI=1S/C18H32N6O2.HI/c1-3-19-17(22(2)13-15-8-12-26-14-15)20-9-6-11-24-18(25)23-10-5-4-7-16(23)21-24;/h15H,3-14H2,1-2H3,(H,19,20);1H. The normalized spacial score (nSPS) is 19.5. The van der Waals surface area contributed by atoms with Crippen molar-refractivity contribution in [3.8, 4) is 0 Å². The summed E-state index contributed by atoms with van der Waals surface area (Å²) >= 11 is 0. The van der Waals surface area contributed by atoms with Crippen molar-refractivity contribution in [1.29, 1.82) is 0 Å². The van der Waals surface area contributed by atoms with Gasteiger partial charge in [-0.3, -0.25) is 9.56 Å². The van der Waals surface area contributed by atoms with Gasteiger partial charge in [0, 0.05) is 58.7 Å². The van der Waals surface area contributed by atoms with E-state index in [0.29, 0.717) is 19.0 Å². The second kappa shape index (κ2) is 11.0. The van der Waals surface area contributed by atoms with Gasteiger partial charge in [-0.15, -0.1) is 24.0 Å². The third kappa shape index (κ3) is 5.94. The van der Waals surface area contributed by atoms with Crippen LogP contribution in [0.5, 0.6) is 0 Å². The van der Waals surface area contributed by atoms with E-state index in [9.17, 15) is 4.79 Å². The van der Waals surface area contributed by atoms with Crippen LogP contribution in [0, 0.1) is 5.92 Å². The zero-order valence-corrected chi connectivity index (χ0v) is 18.9. The maximum Gasteiger partial charge on any atom is 0.345 e. The molecule has 0 aromatic carbocycles. The first kappa shape index (κ1) is 22.2. The maximum absolute atomic E-state index is 12.3. The van der Waals surface area contributed by atoms with Crippen LogP contribution in [0.4, 0.5) is 0 Å². The molecule has 2 aliphatic rings. The van der Waals surface area contributed by atoms with Crippen LogP contribution in [0.15, 0.2) is 9.79 Å². The Morgan fingerprint density at radius 3 is 3.00 bits per heavy atom. The van der Waals surface area contributed by atoms with Crippen molar-refractivity contribution >= 4 is 29.9 Å². The van der Waals surface area contributed by atoms with Crippen LogP contribution >= 0.6 is 24.0 Å². The number of aromatic nitrogens is 3. The second-order valence-corrected chi connectivity index (χ2v) is 7.23. The van der Waals surface area contributed by atoms with E-state index >= 15 is 0 Å². The van der Waals surface area contributed by atoms with E-state index in [-0.39, 0.29) is 29.7 Å². The van der Waals surface area contributed by atoms with E-state index in [4.69, 9.17) is 9.73 Å². The molecule has 1 saturated heterocycles. The number of hydrogen-bond donors (Lipinski definition) is 1. The van der Waals surface area contributed by atoms with Crippen molar-refractivity contribution in [1.82, 2.24) is 24.6 Å². The Bertz CT molecular complexity index is 665. The van der Waals surface area contributed by atoms with E-state index in [1.54, 1.807) is 4.68 Å². The number of nitrogens with zero attached hydrogens (tertiary/aromatic N) is 5. The van der Waals surface area contributed by atoms with Gasteiger partial charge in [-0.25, -0.2) is 9.48 Å². The van der Waals surface area contributed by atoms with Crippen molar-refractivity contribution in [2.75, 3.05) is 39.9 Å². The molecular formula is C18H33IN6O2. The summed E-state index contributed by atoms with van der Waals surface area (Å²) in [7, 11) is 2.08. The highest BCUT2D eigenvalue weighted by molar-refractivity contribution is 14.0. The predicted molar refractivity (Wildman–Crippen MR) is 117 cm³/mol. The molecule has 1 aromatic rings. The van der Waals surface area contributed by atoms with Gasteiger partial charge in [-0.1, -0.05) is 0 Å². The molecule has 8 nitrogen and oxygen atoms in total. The second-order valence-electron chi connectivity index (χ2n) is 7.23. The quantitative estimate of drug-likeness (QED) is 0.269. The maximum atomic E-state index is 12.3. The fraction of sp³-hybridized carbons (Fsp3) is 0.833. The van der Waals surface area contributed by atoms with Crippen molar-refractivity contribution in [2.45, 2.75) is 52.1 Å². The summed E-state index contributed by atoms with van der Waals surface area (Å²) in [6.07, 6.45) is 5.06. The van der Waals surface area contributed by atoms with Crippen molar-refractivity contribution < 1.29 is 4.74 Å². The van der Waals surface area contributed by atoms with E-state index in [0.717, 1.165) is 76.7 Å². The number of aryl methyl sites for hydroxylation is 2. The third-order valence-electron chi connectivity index (χ3n) is 5.07. The lowest BCUT2D eigenvalue weighted by molar-refractivity contribution is 0.181. The zero-order valence-electron chi connectivity index (χ0n) is 16.5. The Hall–Kier alpha value is -1.10. The Balaban J connectivity index is 0.00000261. The van der Waals surface area contributed by atoms with Crippen LogP contribution in [0.25, 0.3) is 0 Å². The van der Waals surface area contributed by atoms with Crippen LogP contribution in [0.1, 0.15) is 38.4 Å².